The molecule has 1 aromatic heterocycles. The predicted molar refractivity (Wildman–Crippen MR) is 105 cm³/mol. The molecule has 0 amide bonds. The third kappa shape index (κ3) is 3.84. The van der Waals surface area contributed by atoms with Crippen LogP contribution in [-0.4, -0.2) is 40.3 Å². The number of esters is 1. The molecule has 0 saturated carbocycles. The van der Waals surface area contributed by atoms with Crippen molar-refractivity contribution in [3.05, 3.63) is 34.7 Å². The summed E-state index contributed by atoms with van der Waals surface area (Å²) >= 11 is 0.795. The van der Waals surface area contributed by atoms with E-state index in [4.69, 9.17) is 4.74 Å². The van der Waals surface area contributed by atoms with E-state index in [1.807, 2.05) is 30.3 Å². The summed E-state index contributed by atoms with van der Waals surface area (Å²) in [6.45, 7) is 3.86. The largest absolute Gasteiger partial charge is 0.462 e. The van der Waals surface area contributed by atoms with Crippen molar-refractivity contribution in [3.8, 4) is 17.2 Å². The Morgan fingerprint density at radius 1 is 1.26 bits per heavy atom. The number of hydrogen-bond acceptors (Lipinski definition) is 7. The lowest BCUT2D eigenvalue weighted by Crippen LogP contribution is -2.17. The number of carbonyl (C=O) groups excluding carboxylic acids is 1. The fraction of sp³-hybridized carbons (Fsp3) is 0.368. The van der Waals surface area contributed by atoms with Crippen molar-refractivity contribution in [2.75, 3.05) is 30.9 Å². The van der Waals surface area contributed by atoms with E-state index in [9.17, 15) is 18.5 Å². The molecule has 1 aliphatic rings. The van der Waals surface area contributed by atoms with Crippen molar-refractivity contribution in [1.82, 2.24) is 0 Å². The number of nitriles is 1. The van der Waals surface area contributed by atoms with Crippen LogP contribution in [0.15, 0.2) is 28.5 Å². The molecule has 2 aromatic rings. The summed E-state index contributed by atoms with van der Waals surface area (Å²) in [5, 5.41) is 9.61. The van der Waals surface area contributed by atoms with Crippen molar-refractivity contribution < 1.29 is 17.9 Å². The monoisotopic (exact) mass is 404 g/mol. The Hall–Kier alpha value is -2.37. The Balaban J connectivity index is 2.13. The minimum Gasteiger partial charge on any atom is -0.462 e. The van der Waals surface area contributed by atoms with Crippen molar-refractivity contribution >= 4 is 32.8 Å². The molecule has 142 valence electrons. The molecular formula is C19H20N2O4S2. The highest BCUT2D eigenvalue weighted by Gasteiger charge is 2.29. The van der Waals surface area contributed by atoms with E-state index < -0.39 is 15.8 Å². The molecule has 0 N–H and O–H groups in total. The fourth-order valence-corrected chi connectivity index (χ4v) is 5.48. The predicted octanol–water partition coefficient (Wildman–Crippen LogP) is 3.47. The third-order valence-electron chi connectivity index (χ3n) is 4.41. The number of ether oxygens (including phenoxy) is 1. The van der Waals surface area contributed by atoms with Gasteiger partial charge in [0.25, 0.3) is 0 Å². The zero-order valence-corrected chi connectivity index (χ0v) is 16.8. The molecule has 0 radical (unpaired) electrons. The van der Waals surface area contributed by atoms with Gasteiger partial charge in [-0.1, -0.05) is 12.1 Å². The van der Waals surface area contributed by atoms with Crippen molar-refractivity contribution in [2.24, 2.45) is 0 Å². The summed E-state index contributed by atoms with van der Waals surface area (Å²) in [6.07, 6.45) is 3.36. The number of anilines is 1. The SMILES string of the molecule is CCOC(=O)c1sc(S(C)(=O)=O)c(C#N)c1-c1ccc(N2CCCC2)cc1. The maximum Gasteiger partial charge on any atom is 0.349 e. The molecule has 3 rings (SSSR count). The molecule has 1 aromatic carbocycles. The first-order valence-electron chi connectivity index (χ1n) is 8.66. The van der Waals surface area contributed by atoms with Crippen LogP contribution in [-0.2, 0) is 14.6 Å². The Labute approximate surface area is 162 Å². The van der Waals surface area contributed by atoms with Crippen molar-refractivity contribution in [3.63, 3.8) is 0 Å². The van der Waals surface area contributed by atoms with Gasteiger partial charge in [0, 0.05) is 30.6 Å². The molecule has 1 saturated heterocycles. The van der Waals surface area contributed by atoms with Crippen LogP contribution in [0.1, 0.15) is 35.0 Å². The van der Waals surface area contributed by atoms with Gasteiger partial charge < -0.3 is 9.64 Å². The lowest BCUT2D eigenvalue weighted by Gasteiger charge is -2.17. The van der Waals surface area contributed by atoms with Crippen molar-refractivity contribution in [2.45, 2.75) is 24.0 Å². The summed E-state index contributed by atoms with van der Waals surface area (Å²) in [6, 6.07) is 9.50. The number of thiophene rings is 1. The van der Waals surface area contributed by atoms with Crippen LogP contribution in [0.2, 0.25) is 0 Å². The van der Waals surface area contributed by atoms with Crippen LogP contribution in [0, 0.1) is 11.3 Å². The average molecular weight is 405 g/mol. The standard InChI is InChI=1S/C19H20N2O4S2/c1-3-25-18(22)17-16(15(12-20)19(26-17)27(2,23)24)13-6-8-14(9-7-13)21-10-4-5-11-21/h6-9H,3-5,10-11H2,1-2H3. The molecule has 0 bridgehead atoms. The number of benzene rings is 1. The molecule has 0 spiro atoms. The first-order chi connectivity index (χ1) is 12.9. The minimum atomic E-state index is -3.64. The number of nitrogens with zero attached hydrogens (tertiary/aromatic N) is 2. The Bertz CT molecular complexity index is 996. The molecule has 6 nitrogen and oxygen atoms in total. The highest BCUT2D eigenvalue weighted by molar-refractivity contribution is 7.92. The number of carbonyl (C=O) groups is 1. The second-order valence-corrected chi connectivity index (χ2v) is 9.55. The van der Waals surface area contributed by atoms with Gasteiger partial charge in [-0.2, -0.15) is 5.26 Å². The van der Waals surface area contributed by atoms with E-state index >= 15 is 0 Å². The van der Waals surface area contributed by atoms with Crippen LogP contribution in [0.3, 0.4) is 0 Å². The quantitative estimate of drug-likeness (QED) is 0.709. The first-order valence-corrected chi connectivity index (χ1v) is 11.4. The molecule has 2 heterocycles. The Kier molecular flexibility index (Phi) is 5.53. The summed E-state index contributed by atoms with van der Waals surface area (Å²) < 4.78 is 29.2. The summed E-state index contributed by atoms with van der Waals surface area (Å²) in [5.41, 5.74) is 2.03. The number of hydrogen-bond donors (Lipinski definition) is 0. The van der Waals surface area contributed by atoms with Gasteiger partial charge in [0.2, 0.25) is 0 Å². The highest BCUT2D eigenvalue weighted by atomic mass is 32.2. The topological polar surface area (TPSA) is 87.5 Å². The molecule has 1 aliphatic heterocycles. The molecule has 8 heteroatoms. The lowest BCUT2D eigenvalue weighted by atomic mass is 10.0. The minimum absolute atomic E-state index is 0.000486. The lowest BCUT2D eigenvalue weighted by molar-refractivity contribution is 0.0533. The zero-order valence-electron chi connectivity index (χ0n) is 15.2. The molecule has 0 aliphatic carbocycles. The molecule has 0 atom stereocenters. The Morgan fingerprint density at radius 2 is 1.89 bits per heavy atom. The fourth-order valence-electron chi connectivity index (χ4n) is 3.20. The van der Waals surface area contributed by atoms with Crippen LogP contribution in [0.4, 0.5) is 5.69 Å². The first kappa shape index (κ1) is 19.4. The van der Waals surface area contributed by atoms with E-state index in [2.05, 4.69) is 4.90 Å². The maximum atomic E-state index is 12.4. The molecule has 27 heavy (non-hydrogen) atoms. The summed E-state index contributed by atoms with van der Waals surface area (Å²) in [7, 11) is -3.64. The van der Waals surface area contributed by atoms with Gasteiger partial charge in [-0.25, -0.2) is 13.2 Å². The van der Waals surface area contributed by atoms with Crippen LogP contribution in [0.5, 0.6) is 0 Å². The summed E-state index contributed by atoms with van der Waals surface area (Å²) in [4.78, 5) is 14.8. The van der Waals surface area contributed by atoms with Gasteiger partial charge in [0.15, 0.2) is 9.84 Å². The molecule has 1 fully saturated rings. The van der Waals surface area contributed by atoms with E-state index in [1.54, 1.807) is 6.92 Å². The maximum absolute atomic E-state index is 12.4. The summed E-state index contributed by atoms with van der Waals surface area (Å²) in [5.74, 6) is -0.618. The Morgan fingerprint density at radius 3 is 2.41 bits per heavy atom. The molecular weight excluding hydrogens is 384 g/mol. The molecule has 0 unspecified atom stereocenters. The van der Waals surface area contributed by atoms with Gasteiger partial charge in [-0.05, 0) is 37.5 Å². The second-order valence-electron chi connectivity index (χ2n) is 6.31. The van der Waals surface area contributed by atoms with Gasteiger partial charge in [0.1, 0.15) is 15.2 Å². The normalized spacial score (nSPS) is 14.2. The van der Waals surface area contributed by atoms with Gasteiger partial charge >= 0.3 is 5.97 Å². The van der Waals surface area contributed by atoms with E-state index in [-0.39, 0.29) is 21.3 Å². The van der Waals surface area contributed by atoms with Crippen molar-refractivity contribution in [1.29, 1.82) is 5.26 Å². The van der Waals surface area contributed by atoms with Crippen LogP contribution >= 0.6 is 11.3 Å². The van der Waals surface area contributed by atoms with Gasteiger partial charge in [0.05, 0.1) is 12.2 Å². The van der Waals surface area contributed by atoms with E-state index in [1.165, 1.54) is 0 Å². The second kappa shape index (κ2) is 7.71. The van der Waals surface area contributed by atoms with E-state index in [0.29, 0.717) is 11.1 Å². The smallest absolute Gasteiger partial charge is 0.349 e. The third-order valence-corrected chi connectivity index (χ3v) is 7.41. The highest BCUT2D eigenvalue weighted by Crippen LogP contribution is 2.40. The van der Waals surface area contributed by atoms with Gasteiger partial charge in [-0.15, -0.1) is 11.3 Å². The average Bonchev–Trinajstić information content (AvgIpc) is 3.29. The number of sulfone groups is 1. The van der Waals surface area contributed by atoms with E-state index in [0.717, 1.165) is 49.2 Å². The number of rotatable bonds is 5. The van der Waals surface area contributed by atoms with Crippen LogP contribution in [0.25, 0.3) is 11.1 Å². The van der Waals surface area contributed by atoms with Gasteiger partial charge in [-0.3, -0.25) is 0 Å². The van der Waals surface area contributed by atoms with Crippen LogP contribution < -0.4 is 4.90 Å². The zero-order chi connectivity index (χ0) is 19.6.